The molecule has 0 aromatic heterocycles. The summed E-state index contributed by atoms with van der Waals surface area (Å²) in [6.45, 7) is 3.38. The Bertz CT molecular complexity index is 345. The topological polar surface area (TPSA) is 37.3 Å². The molecule has 1 aromatic rings. The van der Waals surface area contributed by atoms with Crippen molar-refractivity contribution in [1.82, 2.24) is 0 Å². The summed E-state index contributed by atoms with van der Waals surface area (Å²) < 4.78 is 12.9. The molecular weight excluding hydrogens is 171 g/mol. The smallest absolute Gasteiger partial charge is 0.307 e. The van der Waals surface area contributed by atoms with Crippen LogP contribution in [0.1, 0.15) is 16.7 Å². The second-order valence-corrected chi connectivity index (χ2v) is 3.03. The zero-order valence-corrected chi connectivity index (χ0v) is 7.60. The Morgan fingerprint density at radius 2 is 2.00 bits per heavy atom. The van der Waals surface area contributed by atoms with E-state index in [2.05, 4.69) is 0 Å². The van der Waals surface area contributed by atoms with Gasteiger partial charge in [-0.1, -0.05) is 6.07 Å². The van der Waals surface area contributed by atoms with Gasteiger partial charge in [-0.15, -0.1) is 0 Å². The number of rotatable bonds is 2. The maximum Gasteiger partial charge on any atom is 0.307 e. The van der Waals surface area contributed by atoms with Crippen molar-refractivity contribution < 1.29 is 14.3 Å². The molecule has 0 unspecified atom stereocenters. The van der Waals surface area contributed by atoms with Crippen LogP contribution in [0.15, 0.2) is 12.1 Å². The lowest BCUT2D eigenvalue weighted by Crippen LogP contribution is -2.03. The number of aliphatic carboxylic acids is 1. The lowest BCUT2D eigenvalue weighted by Gasteiger charge is -2.06. The molecular formula is C10H11FO2. The molecule has 0 aliphatic carbocycles. The van der Waals surface area contributed by atoms with Crippen LogP contribution in [-0.2, 0) is 11.2 Å². The van der Waals surface area contributed by atoms with Crippen molar-refractivity contribution in [3.63, 3.8) is 0 Å². The van der Waals surface area contributed by atoms with Gasteiger partial charge in [0.15, 0.2) is 0 Å². The SMILES string of the molecule is Cc1c(F)ccc(CC(=O)O)c1C. The second kappa shape index (κ2) is 3.56. The minimum Gasteiger partial charge on any atom is -0.481 e. The first kappa shape index (κ1) is 9.71. The predicted octanol–water partition coefficient (Wildman–Crippen LogP) is 2.07. The Morgan fingerprint density at radius 1 is 1.38 bits per heavy atom. The largest absolute Gasteiger partial charge is 0.481 e. The van der Waals surface area contributed by atoms with E-state index < -0.39 is 5.97 Å². The number of carboxylic acid groups (broad SMARTS) is 1. The second-order valence-electron chi connectivity index (χ2n) is 3.03. The van der Waals surface area contributed by atoms with E-state index in [-0.39, 0.29) is 12.2 Å². The third kappa shape index (κ3) is 2.05. The van der Waals surface area contributed by atoms with Crippen LogP contribution >= 0.6 is 0 Å². The first-order chi connectivity index (χ1) is 6.02. The van der Waals surface area contributed by atoms with Crippen molar-refractivity contribution in [3.8, 4) is 0 Å². The quantitative estimate of drug-likeness (QED) is 0.760. The van der Waals surface area contributed by atoms with Crippen LogP contribution in [0.2, 0.25) is 0 Å². The van der Waals surface area contributed by atoms with Gasteiger partial charge in [0.05, 0.1) is 6.42 Å². The number of carboxylic acids is 1. The Kier molecular flexibility index (Phi) is 2.66. The van der Waals surface area contributed by atoms with Crippen molar-refractivity contribution in [1.29, 1.82) is 0 Å². The summed E-state index contributed by atoms with van der Waals surface area (Å²) in [6, 6.07) is 2.83. The molecule has 1 rings (SSSR count). The summed E-state index contributed by atoms with van der Waals surface area (Å²) in [5.41, 5.74) is 1.92. The number of hydrogen-bond donors (Lipinski definition) is 1. The van der Waals surface area contributed by atoms with E-state index in [1.165, 1.54) is 12.1 Å². The molecule has 3 heteroatoms. The van der Waals surface area contributed by atoms with Gasteiger partial charge >= 0.3 is 5.97 Å². The number of carbonyl (C=O) groups is 1. The van der Waals surface area contributed by atoms with E-state index in [0.717, 1.165) is 5.56 Å². The fraction of sp³-hybridized carbons (Fsp3) is 0.300. The van der Waals surface area contributed by atoms with Gasteiger partial charge in [0.25, 0.3) is 0 Å². The minimum absolute atomic E-state index is 0.0487. The van der Waals surface area contributed by atoms with Crippen LogP contribution in [0.4, 0.5) is 4.39 Å². The first-order valence-electron chi connectivity index (χ1n) is 3.98. The van der Waals surface area contributed by atoms with Crippen LogP contribution < -0.4 is 0 Å². The fourth-order valence-corrected chi connectivity index (χ4v) is 1.20. The highest BCUT2D eigenvalue weighted by Gasteiger charge is 2.08. The Hall–Kier alpha value is -1.38. The monoisotopic (exact) mass is 182 g/mol. The van der Waals surface area contributed by atoms with Crippen molar-refractivity contribution in [2.24, 2.45) is 0 Å². The molecule has 0 radical (unpaired) electrons. The summed E-state index contributed by atoms with van der Waals surface area (Å²) in [7, 11) is 0. The van der Waals surface area contributed by atoms with Crippen LogP contribution in [0.5, 0.6) is 0 Å². The van der Waals surface area contributed by atoms with Gasteiger partial charge in [0.2, 0.25) is 0 Å². The maximum absolute atomic E-state index is 12.9. The molecule has 0 bridgehead atoms. The van der Waals surface area contributed by atoms with Crippen molar-refractivity contribution in [2.75, 3.05) is 0 Å². The molecule has 2 nitrogen and oxygen atoms in total. The lowest BCUT2D eigenvalue weighted by molar-refractivity contribution is -0.136. The van der Waals surface area contributed by atoms with Crippen LogP contribution in [0.3, 0.4) is 0 Å². The highest BCUT2D eigenvalue weighted by Crippen LogP contribution is 2.16. The van der Waals surface area contributed by atoms with Gasteiger partial charge in [0, 0.05) is 0 Å². The van der Waals surface area contributed by atoms with Gasteiger partial charge in [-0.25, -0.2) is 4.39 Å². The van der Waals surface area contributed by atoms with E-state index >= 15 is 0 Å². The average Bonchev–Trinajstić information content (AvgIpc) is 2.06. The summed E-state index contributed by atoms with van der Waals surface area (Å²) >= 11 is 0. The number of benzene rings is 1. The minimum atomic E-state index is -0.894. The third-order valence-corrected chi connectivity index (χ3v) is 2.17. The maximum atomic E-state index is 12.9. The Labute approximate surface area is 76.0 Å². The molecule has 0 aliphatic rings. The predicted molar refractivity (Wildman–Crippen MR) is 47.2 cm³/mol. The highest BCUT2D eigenvalue weighted by molar-refractivity contribution is 5.70. The summed E-state index contributed by atoms with van der Waals surface area (Å²) in [6.07, 6.45) is -0.0487. The van der Waals surface area contributed by atoms with E-state index in [1.807, 2.05) is 0 Å². The van der Waals surface area contributed by atoms with Crippen molar-refractivity contribution in [3.05, 3.63) is 34.6 Å². The lowest BCUT2D eigenvalue weighted by atomic mass is 10.0. The molecule has 13 heavy (non-hydrogen) atoms. The van der Waals surface area contributed by atoms with E-state index in [0.29, 0.717) is 11.1 Å². The van der Waals surface area contributed by atoms with Gasteiger partial charge in [-0.2, -0.15) is 0 Å². The van der Waals surface area contributed by atoms with Crippen LogP contribution in [-0.4, -0.2) is 11.1 Å². The summed E-state index contributed by atoms with van der Waals surface area (Å²) in [4.78, 5) is 10.4. The molecule has 0 saturated heterocycles. The van der Waals surface area contributed by atoms with Gasteiger partial charge < -0.3 is 5.11 Å². The van der Waals surface area contributed by atoms with Gasteiger partial charge in [-0.3, -0.25) is 4.79 Å². The molecule has 0 amide bonds. The molecule has 1 N–H and O–H groups in total. The third-order valence-electron chi connectivity index (χ3n) is 2.17. The first-order valence-corrected chi connectivity index (χ1v) is 3.98. The van der Waals surface area contributed by atoms with E-state index in [1.54, 1.807) is 13.8 Å². The molecule has 0 atom stereocenters. The molecule has 0 saturated carbocycles. The summed E-state index contributed by atoms with van der Waals surface area (Å²) in [5, 5.41) is 8.56. The van der Waals surface area contributed by atoms with Crippen molar-refractivity contribution >= 4 is 5.97 Å². The molecule has 0 fully saturated rings. The van der Waals surface area contributed by atoms with E-state index in [4.69, 9.17) is 5.11 Å². The van der Waals surface area contributed by atoms with Crippen LogP contribution in [0, 0.1) is 19.7 Å². The molecule has 70 valence electrons. The summed E-state index contributed by atoms with van der Waals surface area (Å²) in [5.74, 6) is -1.18. The molecule has 0 spiro atoms. The number of hydrogen-bond acceptors (Lipinski definition) is 1. The molecule has 0 aliphatic heterocycles. The molecule has 1 aromatic carbocycles. The van der Waals surface area contributed by atoms with Crippen molar-refractivity contribution in [2.45, 2.75) is 20.3 Å². The van der Waals surface area contributed by atoms with Crippen LogP contribution in [0.25, 0.3) is 0 Å². The van der Waals surface area contributed by atoms with Gasteiger partial charge in [0.1, 0.15) is 5.82 Å². The molecule has 0 heterocycles. The van der Waals surface area contributed by atoms with Gasteiger partial charge in [-0.05, 0) is 36.6 Å². The average molecular weight is 182 g/mol. The van der Waals surface area contributed by atoms with E-state index in [9.17, 15) is 9.18 Å². The normalized spacial score (nSPS) is 10.1. The number of halogens is 1. The zero-order valence-electron chi connectivity index (χ0n) is 7.60. The highest BCUT2D eigenvalue weighted by atomic mass is 19.1. The fourth-order valence-electron chi connectivity index (χ4n) is 1.20. The standard InChI is InChI=1S/C10H11FO2/c1-6-7(2)9(11)4-3-8(6)5-10(12)13/h3-4H,5H2,1-2H3,(H,12,13). The zero-order chi connectivity index (χ0) is 10.0. The Balaban J connectivity index is 3.10. The Morgan fingerprint density at radius 3 is 2.54 bits per heavy atom.